The van der Waals surface area contributed by atoms with Gasteiger partial charge in [0.05, 0.1) is 7.11 Å². The van der Waals surface area contributed by atoms with E-state index in [1.807, 2.05) is 30.3 Å². The highest BCUT2D eigenvalue weighted by molar-refractivity contribution is 6.59. The second-order valence-electron chi connectivity index (χ2n) is 4.23. The molecule has 5 heteroatoms. The molecular weight excluding hydrogens is 267 g/mol. The summed E-state index contributed by atoms with van der Waals surface area (Å²) in [5.74, 6) is 6.74. The van der Waals surface area contributed by atoms with Gasteiger partial charge in [-0.05, 0) is 30.3 Å². The molecule has 106 valence electrons. The molecule has 21 heavy (non-hydrogen) atoms. The Labute approximate surface area is 124 Å². The van der Waals surface area contributed by atoms with Gasteiger partial charge in [0.15, 0.2) is 0 Å². The summed E-state index contributed by atoms with van der Waals surface area (Å²) < 4.78 is 10.5. The molecule has 0 heterocycles. The Hall–Kier alpha value is -2.42. The molecule has 0 bridgehead atoms. The van der Waals surface area contributed by atoms with E-state index >= 15 is 0 Å². The van der Waals surface area contributed by atoms with Crippen molar-refractivity contribution >= 4 is 12.6 Å². The van der Waals surface area contributed by atoms with Crippen molar-refractivity contribution in [2.24, 2.45) is 0 Å². The zero-order valence-corrected chi connectivity index (χ0v) is 11.6. The van der Waals surface area contributed by atoms with Gasteiger partial charge in [-0.2, -0.15) is 0 Å². The molecule has 0 amide bonds. The van der Waals surface area contributed by atoms with Gasteiger partial charge in [0.25, 0.3) is 0 Å². The second-order valence-corrected chi connectivity index (χ2v) is 4.23. The molecule has 0 aromatic heterocycles. The van der Waals surface area contributed by atoms with E-state index in [0.29, 0.717) is 11.5 Å². The highest BCUT2D eigenvalue weighted by atomic mass is 16.5. The van der Waals surface area contributed by atoms with Gasteiger partial charge in [-0.25, -0.2) is 0 Å². The number of hydrogen-bond donors (Lipinski definition) is 2. The van der Waals surface area contributed by atoms with E-state index in [0.717, 1.165) is 5.56 Å². The topological polar surface area (TPSA) is 58.9 Å². The first kappa shape index (κ1) is 15.0. The van der Waals surface area contributed by atoms with Crippen molar-refractivity contribution in [2.45, 2.75) is 0 Å². The van der Waals surface area contributed by atoms with Crippen molar-refractivity contribution in [3.63, 3.8) is 0 Å². The summed E-state index contributed by atoms with van der Waals surface area (Å²) >= 11 is 0. The molecule has 0 aliphatic rings. The molecular formula is C16H15BO4. The summed E-state index contributed by atoms with van der Waals surface area (Å²) in [5.41, 5.74) is 1.15. The molecule has 0 aliphatic carbocycles. The van der Waals surface area contributed by atoms with Crippen LogP contribution in [-0.4, -0.2) is 30.9 Å². The van der Waals surface area contributed by atoms with Crippen molar-refractivity contribution in [1.82, 2.24) is 0 Å². The fourth-order valence-electron chi connectivity index (χ4n) is 1.76. The third-order valence-corrected chi connectivity index (χ3v) is 2.80. The van der Waals surface area contributed by atoms with Crippen LogP contribution in [0.5, 0.6) is 11.5 Å². The van der Waals surface area contributed by atoms with E-state index in [4.69, 9.17) is 9.47 Å². The number of benzene rings is 2. The van der Waals surface area contributed by atoms with Gasteiger partial charge in [-0.15, -0.1) is 0 Å². The zero-order chi connectivity index (χ0) is 15.1. The SMILES string of the molecule is COc1ccc(OCC#Cc2ccccc2)c(B(O)O)c1. The molecule has 0 spiro atoms. The van der Waals surface area contributed by atoms with Crippen LogP contribution in [0.25, 0.3) is 0 Å². The Morgan fingerprint density at radius 3 is 2.52 bits per heavy atom. The Morgan fingerprint density at radius 2 is 1.86 bits per heavy atom. The molecule has 0 aliphatic heterocycles. The predicted octanol–water partition coefficient (Wildman–Crippen LogP) is 0.805. The average Bonchev–Trinajstić information content (AvgIpc) is 2.52. The fourth-order valence-corrected chi connectivity index (χ4v) is 1.76. The number of ether oxygens (including phenoxy) is 2. The molecule has 4 nitrogen and oxygen atoms in total. The quantitative estimate of drug-likeness (QED) is 0.643. The van der Waals surface area contributed by atoms with Gasteiger partial charge in [-0.3, -0.25) is 0 Å². The minimum Gasteiger partial charge on any atom is -0.497 e. The standard InChI is InChI=1S/C16H15BO4/c1-20-14-9-10-16(15(12-14)17(18)19)21-11-5-8-13-6-3-2-4-7-13/h2-4,6-7,9-10,12,18-19H,11H2,1H3. The highest BCUT2D eigenvalue weighted by Gasteiger charge is 2.18. The van der Waals surface area contributed by atoms with E-state index in [-0.39, 0.29) is 12.1 Å². The van der Waals surface area contributed by atoms with Gasteiger partial charge in [-0.1, -0.05) is 30.0 Å². The molecule has 2 N–H and O–H groups in total. The smallest absolute Gasteiger partial charge is 0.492 e. The van der Waals surface area contributed by atoms with Crippen LogP contribution in [-0.2, 0) is 0 Å². The van der Waals surface area contributed by atoms with E-state index in [9.17, 15) is 10.0 Å². The Kier molecular flexibility index (Phi) is 5.27. The Morgan fingerprint density at radius 1 is 1.10 bits per heavy atom. The predicted molar refractivity (Wildman–Crippen MR) is 81.6 cm³/mol. The van der Waals surface area contributed by atoms with Crippen molar-refractivity contribution < 1.29 is 19.5 Å². The molecule has 0 saturated carbocycles. The lowest BCUT2D eigenvalue weighted by atomic mass is 9.79. The second kappa shape index (κ2) is 7.39. The maximum Gasteiger partial charge on any atom is 0.492 e. The molecule has 2 aromatic carbocycles. The number of hydrogen-bond acceptors (Lipinski definition) is 4. The number of methoxy groups -OCH3 is 1. The maximum atomic E-state index is 9.34. The Bertz CT molecular complexity index is 644. The van der Waals surface area contributed by atoms with Gasteiger partial charge in [0.1, 0.15) is 18.1 Å². The largest absolute Gasteiger partial charge is 0.497 e. The van der Waals surface area contributed by atoms with Crippen molar-refractivity contribution in [1.29, 1.82) is 0 Å². The first-order chi connectivity index (χ1) is 10.2. The monoisotopic (exact) mass is 282 g/mol. The van der Waals surface area contributed by atoms with Crippen molar-refractivity contribution in [2.75, 3.05) is 13.7 Å². The van der Waals surface area contributed by atoms with Crippen LogP contribution in [0.4, 0.5) is 0 Å². The van der Waals surface area contributed by atoms with Crippen LogP contribution >= 0.6 is 0 Å². The summed E-state index contributed by atoms with van der Waals surface area (Å²) in [4.78, 5) is 0. The molecule has 0 fully saturated rings. The maximum absolute atomic E-state index is 9.34. The summed E-state index contributed by atoms with van der Waals surface area (Å²) in [5, 5.41) is 18.7. The van der Waals surface area contributed by atoms with Crippen LogP contribution < -0.4 is 14.9 Å². The van der Waals surface area contributed by atoms with Crippen LogP contribution in [0.15, 0.2) is 48.5 Å². The van der Waals surface area contributed by atoms with E-state index in [2.05, 4.69) is 11.8 Å². The Balaban J connectivity index is 2.05. The lowest BCUT2D eigenvalue weighted by molar-refractivity contribution is 0.365. The lowest BCUT2D eigenvalue weighted by Gasteiger charge is -2.10. The number of rotatable bonds is 4. The molecule has 2 rings (SSSR count). The lowest BCUT2D eigenvalue weighted by Crippen LogP contribution is -2.31. The first-order valence-electron chi connectivity index (χ1n) is 6.41. The fraction of sp³-hybridized carbons (Fsp3) is 0.125. The summed E-state index contributed by atoms with van der Waals surface area (Å²) in [6.07, 6.45) is 0. The molecule has 0 saturated heterocycles. The van der Waals surface area contributed by atoms with E-state index in [1.165, 1.54) is 13.2 Å². The van der Waals surface area contributed by atoms with E-state index in [1.54, 1.807) is 12.1 Å². The molecule has 0 atom stereocenters. The minimum absolute atomic E-state index is 0.154. The zero-order valence-electron chi connectivity index (χ0n) is 11.6. The van der Waals surface area contributed by atoms with Gasteiger partial charge in [0, 0.05) is 11.0 Å². The molecule has 0 unspecified atom stereocenters. The summed E-state index contributed by atoms with van der Waals surface area (Å²) in [6.45, 7) is 0.154. The van der Waals surface area contributed by atoms with Gasteiger partial charge in [0.2, 0.25) is 0 Å². The van der Waals surface area contributed by atoms with Gasteiger partial charge >= 0.3 is 7.12 Å². The molecule has 0 radical (unpaired) electrons. The minimum atomic E-state index is -1.63. The van der Waals surface area contributed by atoms with Crippen molar-refractivity contribution in [3.8, 4) is 23.3 Å². The first-order valence-corrected chi connectivity index (χ1v) is 6.41. The molecule has 2 aromatic rings. The summed E-state index contributed by atoms with van der Waals surface area (Å²) in [6, 6.07) is 14.4. The van der Waals surface area contributed by atoms with Crippen LogP contribution in [0.1, 0.15) is 5.56 Å². The normalized spacial score (nSPS) is 9.48. The van der Waals surface area contributed by atoms with Crippen LogP contribution in [0.2, 0.25) is 0 Å². The summed E-state index contributed by atoms with van der Waals surface area (Å²) in [7, 11) is -0.119. The van der Waals surface area contributed by atoms with E-state index < -0.39 is 7.12 Å². The highest BCUT2D eigenvalue weighted by Crippen LogP contribution is 2.15. The average molecular weight is 282 g/mol. The third kappa shape index (κ3) is 4.28. The van der Waals surface area contributed by atoms with Crippen LogP contribution in [0, 0.1) is 11.8 Å². The van der Waals surface area contributed by atoms with Crippen LogP contribution in [0.3, 0.4) is 0 Å². The third-order valence-electron chi connectivity index (χ3n) is 2.80. The van der Waals surface area contributed by atoms with Gasteiger partial charge < -0.3 is 19.5 Å². The van der Waals surface area contributed by atoms with Crippen molar-refractivity contribution in [3.05, 3.63) is 54.1 Å².